The van der Waals surface area contributed by atoms with E-state index in [1.165, 1.54) is 0 Å². The number of carbonyl (C=O) groups excluding carboxylic acids is 1. The molecule has 0 aliphatic carbocycles. The molecule has 1 aliphatic heterocycles. The highest BCUT2D eigenvalue weighted by molar-refractivity contribution is 5.91. The summed E-state index contributed by atoms with van der Waals surface area (Å²) in [5.41, 5.74) is 4.23. The lowest BCUT2D eigenvalue weighted by Gasteiger charge is -2.32. The van der Waals surface area contributed by atoms with Crippen molar-refractivity contribution >= 4 is 5.91 Å². The molecule has 1 aliphatic rings. The molecule has 3 aromatic heterocycles. The van der Waals surface area contributed by atoms with Crippen LogP contribution in [0.4, 0.5) is 0 Å². The highest BCUT2D eigenvalue weighted by Gasteiger charge is 2.27. The first-order chi connectivity index (χ1) is 13.5. The Morgan fingerprint density at radius 1 is 1.18 bits per heavy atom. The number of likely N-dealkylation sites (tertiary alicyclic amines) is 1. The fraction of sp³-hybridized carbons (Fsp3) is 0.450. The number of aryl methyl sites for hydroxylation is 3. The summed E-state index contributed by atoms with van der Waals surface area (Å²) in [6, 6.07) is 3.68. The first-order valence-electron chi connectivity index (χ1n) is 9.48. The number of rotatable bonds is 4. The van der Waals surface area contributed by atoms with Gasteiger partial charge in [-0.3, -0.25) is 4.79 Å². The van der Waals surface area contributed by atoms with E-state index in [2.05, 4.69) is 20.3 Å². The summed E-state index contributed by atoms with van der Waals surface area (Å²) in [6.07, 6.45) is 4.40. The standard InChI is InChI=1S/C20H23N5O3/c1-12-7-18(28-23-12)20(26)25-6-4-5-15(10-25)8-16-9-17(22-11-21-16)19-13(2)24-27-14(19)3/h7,9,11,15H,4-6,8,10H2,1-3H3. The molecule has 3 aromatic rings. The van der Waals surface area contributed by atoms with Crippen molar-refractivity contribution in [1.82, 2.24) is 25.2 Å². The van der Waals surface area contributed by atoms with E-state index < -0.39 is 0 Å². The van der Waals surface area contributed by atoms with Crippen LogP contribution in [0, 0.1) is 26.7 Å². The Bertz CT molecular complexity index is 974. The molecule has 4 rings (SSSR count). The predicted octanol–water partition coefficient (Wildman–Crippen LogP) is 3.14. The van der Waals surface area contributed by atoms with Gasteiger partial charge in [0.15, 0.2) is 0 Å². The monoisotopic (exact) mass is 381 g/mol. The van der Waals surface area contributed by atoms with Crippen LogP contribution in [-0.2, 0) is 6.42 Å². The fourth-order valence-electron chi connectivity index (χ4n) is 3.83. The molecule has 0 radical (unpaired) electrons. The van der Waals surface area contributed by atoms with Gasteiger partial charge >= 0.3 is 0 Å². The molecule has 0 saturated carbocycles. The molecule has 8 heteroatoms. The lowest BCUT2D eigenvalue weighted by molar-refractivity contribution is 0.0631. The maximum absolute atomic E-state index is 12.6. The third-order valence-corrected chi connectivity index (χ3v) is 5.16. The first kappa shape index (κ1) is 18.3. The molecule has 8 nitrogen and oxygen atoms in total. The molecule has 0 bridgehead atoms. The van der Waals surface area contributed by atoms with Crippen molar-refractivity contribution in [2.45, 2.75) is 40.0 Å². The Balaban J connectivity index is 1.47. The van der Waals surface area contributed by atoms with Gasteiger partial charge in [0.2, 0.25) is 5.76 Å². The molecule has 28 heavy (non-hydrogen) atoms. The van der Waals surface area contributed by atoms with E-state index in [0.29, 0.717) is 23.9 Å². The first-order valence-corrected chi connectivity index (χ1v) is 9.48. The van der Waals surface area contributed by atoms with E-state index in [1.54, 1.807) is 12.4 Å². The number of aromatic nitrogens is 4. The number of hydrogen-bond acceptors (Lipinski definition) is 7. The summed E-state index contributed by atoms with van der Waals surface area (Å²) in [5, 5.41) is 7.82. The van der Waals surface area contributed by atoms with Gasteiger partial charge in [0.1, 0.15) is 12.1 Å². The van der Waals surface area contributed by atoms with Gasteiger partial charge in [-0.2, -0.15) is 0 Å². The zero-order valence-electron chi connectivity index (χ0n) is 16.3. The number of hydrogen-bond donors (Lipinski definition) is 0. The molecule has 1 saturated heterocycles. The van der Waals surface area contributed by atoms with Crippen LogP contribution in [0.5, 0.6) is 0 Å². The molecule has 1 atom stereocenters. The van der Waals surface area contributed by atoms with Crippen molar-refractivity contribution in [3.8, 4) is 11.3 Å². The molecular weight excluding hydrogens is 358 g/mol. The molecule has 4 heterocycles. The van der Waals surface area contributed by atoms with Crippen molar-refractivity contribution in [1.29, 1.82) is 0 Å². The second-order valence-corrected chi connectivity index (χ2v) is 7.39. The average molecular weight is 381 g/mol. The summed E-state index contributed by atoms with van der Waals surface area (Å²) in [5.74, 6) is 1.30. The van der Waals surface area contributed by atoms with Crippen molar-refractivity contribution in [2.75, 3.05) is 13.1 Å². The fourth-order valence-corrected chi connectivity index (χ4v) is 3.83. The van der Waals surface area contributed by atoms with Gasteiger partial charge in [-0.15, -0.1) is 0 Å². The Kier molecular flexibility index (Phi) is 4.93. The number of carbonyl (C=O) groups is 1. The predicted molar refractivity (Wildman–Crippen MR) is 101 cm³/mol. The smallest absolute Gasteiger partial charge is 0.292 e. The van der Waals surface area contributed by atoms with E-state index in [1.807, 2.05) is 31.7 Å². The summed E-state index contributed by atoms with van der Waals surface area (Å²) >= 11 is 0. The molecule has 1 amide bonds. The average Bonchev–Trinajstić information content (AvgIpc) is 3.27. The quantitative estimate of drug-likeness (QED) is 0.684. The van der Waals surface area contributed by atoms with Gasteiger partial charge in [-0.05, 0) is 52.0 Å². The lowest BCUT2D eigenvalue weighted by atomic mass is 9.92. The molecular formula is C20H23N5O3. The summed E-state index contributed by atoms with van der Waals surface area (Å²) in [6.45, 7) is 7.02. The van der Waals surface area contributed by atoms with Crippen LogP contribution in [0.15, 0.2) is 27.5 Å². The molecule has 0 aromatic carbocycles. The minimum atomic E-state index is -0.0932. The van der Waals surface area contributed by atoms with Crippen LogP contribution in [0.25, 0.3) is 11.3 Å². The largest absolute Gasteiger partial charge is 0.361 e. The van der Waals surface area contributed by atoms with E-state index in [0.717, 1.165) is 54.2 Å². The van der Waals surface area contributed by atoms with Gasteiger partial charge < -0.3 is 13.9 Å². The van der Waals surface area contributed by atoms with Crippen LogP contribution in [0.2, 0.25) is 0 Å². The normalized spacial score (nSPS) is 17.1. The number of nitrogens with zero attached hydrogens (tertiary/aromatic N) is 5. The SMILES string of the molecule is Cc1cc(C(=O)N2CCCC(Cc3cc(-c4c(C)noc4C)ncn3)C2)on1. The zero-order chi connectivity index (χ0) is 19.7. The van der Waals surface area contributed by atoms with Crippen LogP contribution in [-0.4, -0.2) is 44.2 Å². The molecule has 1 fully saturated rings. The second-order valence-electron chi connectivity index (χ2n) is 7.39. The topological polar surface area (TPSA) is 98.2 Å². The van der Waals surface area contributed by atoms with E-state index in [-0.39, 0.29) is 5.91 Å². The van der Waals surface area contributed by atoms with Crippen LogP contribution in [0.1, 0.15) is 46.2 Å². The van der Waals surface area contributed by atoms with E-state index in [9.17, 15) is 4.79 Å². The van der Waals surface area contributed by atoms with Crippen LogP contribution < -0.4 is 0 Å². The maximum atomic E-state index is 12.6. The Morgan fingerprint density at radius 3 is 2.75 bits per heavy atom. The third-order valence-electron chi connectivity index (χ3n) is 5.16. The number of amides is 1. The highest BCUT2D eigenvalue weighted by atomic mass is 16.5. The molecule has 146 valence electrons. The van der Waals surface area contributed by atoms with Crippen molar-refractivity contribution < 1.29 is 13.8 Å². The van der Waals surface area contributed by atoms with Gasteiger partial charge in [0, 0.05) is 24.8 Å². The Hall–Kier alpha value is -3.03. The summed E-state index contributed by atoms with van der Waals surface area (Å²) in [4.78, 5) is 23.3. The van der Waals surface area contributed by atoms with Gasteiger partial charge in [0.05, 0.1) is 22.6 Å². The molecule has 0 spiro atoms. The maximum Gasteiger partial charge on any atom is 0.292 e. The number of piperidine rings is 1. The van der Waals surface area contributed by atoms with Gasteiger partial charge in [-0.1, -0.05) is 10.3 Å². The lowest BCUT2D eigenvalue weighted by Crippen LogP contribution is -2.40. The Morgan fingerprint density at radius 2 is 2.04 bits per heavy atom. The van der Waals surface area contributed by atoms with Crippen molar-refractivity contribution in [2.24, 2.45) is 5.92 Å². The van der Waals surface area contributed by atoms with E-state index in [4.69, 9.17) is 9.05 Å². The zero-order valence-corrected chi connectivity index (χ0v) is 16.3. The second kappa shape index (κ2) is 7.53. The van der Waals surface area contributed by atoms with Gasteiger partial charge in [0.25, 0.3) is 5.91 Å². The van der Waals surface area contributed by atoms with Crippen LogP contribution >= 0.6 is 0 Å². The molecule has 0 N–H and O–H groups in total. The van der Waals surface area contributed by atoms with E-state index >= 15 is 0 Å². The third kappa shape index (κ3) is 3.67. The van der Waals surface area contributed by atoms with Crippen molar-refractivity contribution in [3.63, 3.8) is 0 Å². The summed E-state index contributed by atoms with van der Waals surface area (Å²) in [7, 11) is 0. The minimum absolute atomic E-state index is 0.0932. The Labute approximate surface area is 162 Å². The highest BCUT2D eigenvalue weighted by Crippen LogP contribution is 2.27. The molecule has 1 unspecified atom stereocenters. The van der Waals surface area contributed by atoms with Crippen LogP contribution in [0.3, 0.4) is 0 Å². The minimum Gasteiger partial charge on any atom is -0.361 e. The van der Waals surface area contributed by atoms with Gasteiger partial charge in [-0.25, -0.2) is 9.97 Å². The van der Waals surface area contributed by atoms with Crippen molar-refractivity contribution in [3.05, 3.63) is 47.1 Å². The summed E-state index contributed by atoms with van der Waals surface area (Å²) < 4.78 is 10.4.